The molecule has 6 rings (SSSR count). The van der Waals surface area contributed by atoms with Gasteiger partial charge in [-0.15, -0.1) is 0 Å². The first-order chi connectivity index (χ1) is 32.6. The third-order valence-corrected chi connectivity index (χ3v) is 14.2. The van der Waals surface area contributed by atoms with Crippen LogP contribution in [0.3, 0.4) is 0 Å². The highest BCUT2D eigenvalue weighted by Crippen LogP contribution is 2.35. The van der Waals surface area contributed by atoms with Gasteiger partial charge >= 0.3 is 11.9 Å². The zero-order chi connectivity index (χ0) is 50.2. The molecule has 372 valence electrons. The number of amides is 2. The van der Waals surface area contributed by atoms with Gasteiger partial charge in [-0.25, -0.2) is 9.59 Å². The van der Waals surface area contributed by atoms with Gasteiger partial charge in [0.25, 0.3) is 11.8 Å². The van der Waals surface area contributed by atoms with E-state index in [9.17, 15) is 24.3 Å². The number of benzene rings is 4. The van der Waals surface area contributed by atoms with Gasteiger partial charge in [0.1, 0.15) is 35.4 Å². The van der Waals surface area contributed by atoms with Gasteiger partial charge in [0.2, 0.25) is 0 Å². The lowest BCUT2D eigenvalue weighted by molar-refractivity contribution is 0.00681. The van der Waals surface area contributed by atoms with E-state index >= 15 is 0 Å². The monoisotopic (exact) mass is 1070 g/mol. The molecule has 2 amide bonds. The molecule has 0 bridgehead atoms. The summed E-state index contributed by atoms with van der Waals surface area (Å²) in [7, 11) is 0. The Morgan fingerprint density at radius 2 is 1.04 bits per heavy atom. The summed E-state index contributed by atoms with van der Waals surface area (Å²) in [6.45, 7) is 11.8. The molecule has 69 heavy (non-hydrogen) atoms. The molecular formula is C50H56Cl6N4O9. The second kappa shape index (κ2) is 24.4. The van der Waals surface area contributed by atoms with Crippen LogP contribution >= 0.6 is 69.6 Å². The van der Waals surface area contributed by atoms with Crippen molar-refractivity contribution in [1.82, 2.24) is 20.4 Å². The van der Waals surface area contributed by atoms with Crippen LogP contribution in [0.4, 0.5) is 0 Å². The van der Waals surface area contributed by atoms with Crippen LogP contribution < -0.4 is 20.1 Å². The molecule has 19 heteroatoms. The first-order valence-electron chi connectivity index (χ1n) is 22.6. The number of aliphatic hydroxyl groups excluding tert-OH is 1. The van der Waals surface area contributed by atoms with Gasteiger partial charge in [-0.1, -0.05) is 69.6 Å². The number of halogens is 6. The standard InChI is InChI=1S/C50H56Cl6N4O9/c1-28-42(12-10-40(53)44(28)55)66-33-14-18-59(19-15-33)26-32(61)24-57-46(62)30-6-8-38(51)36(22-30)48(64)68-35(25-58-47(63)31-7-9-39(52)37(23-31)49(65)69-50(3,4)5)27-60-20-16-34(17-21-60)67-43-13-11-41(54)45(56)29(43)2/h6-13,22-23,32-35,61H,14-21,24-27H2,1-5H3,(H,57,62)(H,58,63)/t32-,35-/m1/s1. The fraction of sp³-hybridized carbons (Fsp3) is 0.440. The number of nitrogens with one attached hydrogen (secondary N) is 2. The number of nitrogens with zero attached hydrogens (tertiary/aromatic N) is 2. The minimum atomic E-state index is -0.894. The molecular weight excluding hydrogens is 1010 g/mol. The van der Waals surface area contributed by atoms with Crippen molar-refractivity contribution in [2.45, 2.75) is 90.3 Å². The third-order valence-electron chi connectivity index (χ3n) is 11.7. The summed E-state index contributed by atoms with van der Waals surface area (Å²) in [4.78, 5) is 58.0. The lowest BCUT2D eigenvalue weighted by Crippen LogP contribution is -2.46. The van der Waals surface area contributed by atoms with E-state index < -0.39 is 41.6 Å². The molecule has 3 N–H and O–H groups in total. The highest BCUT2D eigenvalue weighted by molar-refractivity contribution is 6.43. The zero-order valence-corrected chi connectivity index (χ0v) is 43.5. The first kappa shape index (κ1) is 54.3. The van der Waals surface area contributed by atoms with Crippen LogP contribution in [-0.4, -0.2) is 121 Å². The third kappa shape index (κ3) is 15.2. The Balaban J connectivity index is 1.06. The van der Waals surface area contributed by atoms with Crippen molar-refractivity contribution in [1.29, 1.82) is 0 Å². The van der Waals surface area contributed by atoms with Crippen LogP contribution in [0.2, 0.25) is 30.1 Å². The molecule has 2 saturated heterocycles. The smallest absolute Gasteiger partial charge is 0.340 e. The average Bonchev–Trinajstić information content (AvgIpc) is 3.31. The normalized spacial score (nSPS) is 16.1. The Labute approximate surface area is 432 Å². The van der Waals surface area contributed by atoms with Crippen molar-refractivity contribution in [3.05, 3.63) is 124 Å². The van der Waals surface area contributed by atoms with Crippen LogP contribution in [0, 0.1) is 13.8 Å². The SMILES string of the molecule is Cc1c(OC2CCN(C[C@H](O)CNC(=O)c3ccc(Cl)c(C(=O)O[C@H](CNC(=O)c4ccc(Cl)c(C(=O)OC(C)(C)C)c4)CN4CCC(Oc5ccc(Cl)c(Cl)c5C)CC4)c3)CC2)ccc(Cl)c1Cl. The summed E-state index contributed by atoms with van der Waals surface area (Å²) in [6.07, 6.45) is 0.882. The molecule has 13 nitrogen and oxygen atoms in total. The summed E-state index contributed by atoms with van der Waals surface area (Å²) < 4.78 is 24.0. The molecule has 0 unspecified atom stereocenters. The van der Waals surface area contributed by atoms with Crippen LogP contribution in [-0.2, 0) is 9.47 Å². The molecule has 0 aromatic heterocycles. The van der Waals surface area contributed by atoms with Gasteiger partial charge in [-0.2, -0.15) is 0 Å². The Morgan fingerprint density at radius 1 is 0.623 bits per heavy atom. The molecule has 0 saturated carbocycles. The lowest BCUT2D eigenvalue weighted by atomic mass is 10.1. The van der Waals surface area contributed by atoms with Crippen LogP contribution in [0.15, 0.2) is 60.7 Å². The first-order valence-corrected chi connectivity index (χ1v) is 24.9. The van der Waals surface area contributed by atoms with E-state index in [1.54, 1.807) is 39.0 Å². The van der Waals surface area contributed by atoms with Crippen molar-refractivity contribution >= 4 is 93.4 Å². The maximum Gasteiger partial charge on any atom is 0.340 e. The summed E-state index contributed by atoms with van der Waals surface area (Å²) in [5, 5.41) is 18.5. The number of hydrogen-bond acceptors (Lipinski definition) is 11. The van der Waals surface area contributed by atoms with Crippen molar-refractivity contribution in [2.24, 2.45) is 0 Å². The number of rotatable bonds is 17. The molecule has 4 aromatic carbocycles. The number of likely N-dealkylation sites (tertiary alicyclic amines) is 2. The molecule has 0 aliphatic carbocycles. The largest absolute Gasteiger partial charge is 0.490 e. The van der Waals surface area contributed by atoms with Gasteiger partial charge in [0.05, 0.1) is 53.9 Å². The fourth-order valence-corrected chi connectivity index (χ4v) is 9.02. The van der Waals surface area contributed by atoms with Crippen molar-refractivity contribution in [3.8, 4) is 11.5 Å². The van der Waals surface area contributed by atoms with Crippen LogP contribution in [0.25, 0.3) is 0 Å². The second-order valence-electron chi connectivity index (χ2n) is 18.2. The summed E-state index contributed by atoms with van der Waals surface area (Å²) in [5.74, 6) is -1.24. The summed E-state index contributed by atoms with van der Waals surface area (Å²) in [5.41, 5.74) is 0.964. The Morgan fingerprint density at radius 3 is 1.51 bits per heavy atom. The molecule has 2 fully saturated rings. The molecule has 0 spiro atoms. The van der Waals surface area contributed by atoms with Gasteiger partial charge in [0, 0.05) is 68.1 Å². The van der Waals surface area contributed by atoms with Crippen LogP contribution in [0.1, 0.15) is 99.0 Å². The number of carbonyl (C=O) groups excluding carboxylic acids is 4. The Kier molecular flexibility index (Phi) is 19.2. The fourth-order valence-electron chi connectivity index (χ4n) is 7.91. The quantitative estimate of drug-likeness (QED) is 0.0866. The number of aliphatic hydroxyl groups is 1. The predicted octanol–water partition coefficient (Wildman–Crippen LogP) is 10.3. The predicted molar refractivity (Wildman–Crippen MR) is 271 cm³/mol. The number of hydrogen-bond donors (Lipinski definition) is 3. The molecule has 0 radical (unpaired) electrons. The Hall–Kier alpha value is -4.02. The van der Waals surface area contributed by atoms with Gasteiger partial charge in [-0.3, -0.25) is 14.5 Å². The number of ether oxygens (including phenoxy) is 4. The zero-order valence-electron chi connectivity index (χ0n) is 38.9. The van der Waals surface area contributed by atoms with E-state index in [4.69, 9.17) is 88.6 Å². The Bertz CT molecular complexity index is 2510. The molecule has 2 aliphatic rings. The molecule has 2 atom stereocenters. The highest BCUT2D eigenvalue weighted by Gasteiger charge is 2.29. The maximum atomic E-state index is 13.9. The van der Waals surface area contributed by atoms with Crippen LogP contribution in [0.5, 0.6) is 11.5 Å². The number of piperidine rings is 2. The van der Waals surface area contributed by atoms with E-state index in [2.05, 4.69) is 20.4 Å². The summed E-state index contributed by atoms with van der Waals surface area (Å²) in [6, 6.07) is 15.5. The number of esters is 2. The highest BCUT2D eigenvalue weighted by atomic mass is 35.5. The molecule has 2 heterocycles. The van der Waals surface area contributed by atoms with E-state index in [0.717, 1.165) is 24.0 Å². The summed E-state index contributed by atoms with van der Waals surface area (Å²) >= 11 is 37.8. The average molecular weight is 1070 g/mol. The number of carbonyl (C=O) groups is 4. The minimum absolute atomic E-state index is 0.0202. The minimum Gasteiger partial charge on any atom is -0.490 e. The maximum absolute atomic E-state index is 13.9. The molecule has 4 aromatic rings. The van der Waals surface area contributed by atoms with Crippen molar-refractivity contribution in [2.75, 3.05) is 52.4 Å². The van der Waals surface area contributed by atoms with Gasteiger partial charge in [0.15, 0.2) is 0 Å². The topological polar surface area (TPSA) is 156 Å². The van der Waals surface area contributed by atoms with E-state index in [1.165, 1.54) is 36.4 Å². The molecule has 2 aliphatic heterocycles. The van der Waals surface area contributed by atoms with Crippen molar-refractivity contribution in [3.63, 3.8) is 0 Å². The van der Waals surface area contributed by atoms with E-state index in [0.29, 0.717) is 77.2 Å². The van der Waals surface area contributed by atoms with Crippen molar-refractivity contribution < 1.29 is 43.2 Å². The second-order valence-corrected chi connectivity index (χ2v) is 20.6. The van der Waals surface area contributed by atoms with E-state index in [-0.39, 0.29) is 64.1 Å². The number of β-amino-alcohol motifs (C(OH)–C–C–N with tert-alkyl or cyclic N) is 1. The van der Waals surface area contributed by atoms with Gasteiger partial charge in [-0.05, 0) is 121 Å². The van der Waals surface area contributed by atoms with Gasteiger partial charge < -0.3 is 39.6 Å². The lowest BCUT2D eigenvalue weighted by Gasteiger charge is -2.34. The van der Waals surface area contributed by atoms with E-state index in [1.807, 2.05) is 19.9 Å².